The minimum atomic E-state index is -3.55. The summed E-state index contributed by atoms with van der Waals surface area (Å²) in [5, 5.41) is 0. The molecule has 0 unspecified atom stereocenters. The van der Waals surface area contributed by atoms with Crippen molar-refractivity contribution in [3.05, 3.63) is 54.3 Å². The zero-order valence-corrected chi connectivity index (χ0v) is 14.9. The molecular weight excluding hydrogens is 343 g/mol. The Bertz CT molecular complexity index is 816. The number of piperazine rings is 1. The fraction of sp³-hybridized carbons (Fsp3) is 0.333. The van der Waals surface area contributed by atoms with Gasteiger partial charge in [-0.3, -0.25) is 0 Å². The van der Waals surface area contributed by atoms with E-state index in [1.807, 2.05) is 11.8 Å². The molecule has 0 N–H and O–H groups in total. The van der Waals surface area contributed by atoms with E-state index >= 15 is 0 Å². The first kappa shape index (κ1) is 17.7. The molecule has 0 aliphatic carbocycles. The van der Waals surface area contributed by atoms with Crippen molar-refractivity contribution in [2.45, 2.75) is 11.8 Å². The first-order valence-corrected chi connectivity index (χ1v) is 9.69. The maximum Gasteiger partial charge on any atom is 0.243 e. The number of hydrogen-bond acceptors (Lipinski definition) is 4. The molecule has 3 rings (SSSR count). The lowest BCUT2D eigenvalue weighted by atomic mass is 10.2. The lowest BCUT2D eigenvalue weighted by Gasteiger charge is -2.35. The van der Waals surface area contributed by atoms with Gasteiger partial charge >= 0.3 is 0 Å². The summed E-state index contributed by atoms with van der Waals surface area (Å²) in [6.45, 7) is 3.96. The zero-order valence-electron chi connectivity index (χ0n) is 14.1. The number of halogens is 1. The Morgan fingerprint density at radius 1 is 1.00 bits per heavy atom. The number of hydrogen-bond donors (Lipinski definition) is 0. The Morgan fingerprint density at radius 3 is 2.24 bits per heavy atom. The average Bonchev–Trinajstić information content (AvgIpc) is 2.63. The van der Waals surface area contributed by atoms with Crippen LogP contribution < -0.4 is 9.64 Å². The SMILES string of the molecule is CCOc1ccc(S(=O)(=O)N2CCN(c3ccccc3F)CC2)cc1. The molecule has 0 saturated carbocycles. The van der Waals surface area contributed by atoms with E-state index < -0.39 is 10.0 Å². The molecule has 0 amide bonds. The van der Waals surface area contributed by atoms with Crippen molar-refractivity contribution in [2.75, 3.05) is 37.7 Å². The normalized spacial score (nSPS) is 16.0. The van der Waals surface area contributed by atoms with Crippen molar-refractivity contribution in [3.8, 4) is 5.75 Å². The molecule has 0 atom stereocenters. The molecule has 1 fully saturated rings. The summed E-state index contributed by atoms with van der Waals surface area (Å²) >= 11 is 0. The number of para-hydroxylation sites is 1. The third-order valence-electron chi connectivity index (χ3n) is 4.20. The van der Waals surface area contributed by atoms with Gasteiger partial charge in [0.1, 0.15) is 11.6 Å². The summed E-state index contributed by atoms with van der Waals surface area (Å²) in [4.78, 5) is 2.12. The van der Waals surface area contributed by atoms with Gasteiger partial charge < -0.3 is 9.64 Å². The highest BCUT2D eigenvalue weighted by molar-refractivity contribution is 7.89. The summed E-state index contributed by atoms with van der Waals surface area (Å²) in [6, 6.07) is 13.0. The predicted molar refractivity (Wildman–Crippen MR) is 95.0 cm³/mol. The molecule has 25 heavy (non-hydrogen) atoms. The Kier molecular flexibility index (Phi) is 5.24. The molecule has 134 valence electrons. The van der Waals surface area contributed by atoms with Gasteiger partial charge in [-0.25, -0.2) is 12.8 Å². The number of rotatable bonds is 5. The first-order chi connectivity index (χ1) is 12.0. The molecule has 0 radical (unpaired) electrons. The van der Waals surface area contributed by atoms with Gasteiger partial charge in [-0.2, -0.15) is 4.31 Å². The van der Waals surface area contributed by atoms with E-state index in [1.165, 1.54) is 10.4 Å². The van der Waals surface area contributed by atoms with E-state index in [-0.39, 0.29) is 10.7 Å². The van der Waals surface area contributed by atoms with E-state index in [0.717, 1.165) is 0 Å². The monoisotopic (exact) mass is 364 g/mol. The molecule has 1 heterocycles. The van der Waals surface area contributed by atoms with Gasteiger partial charge in [0.05, 0.1) is 17.2 Å². The Balaban J connectivity index is 1.70. The van der Waals surface area contributed by atoms with Crippen molar-refractivity contribution < 1.29 is 17.5 Å². The van der Waals surface area contributed by atoms with Crippen LogP contribution in [0.15, 0.2) is 53.4 Å². The number of benzene rings is 2. The lowest BCUT2D eigenvalue weighted by Crippen LogP contribution is -2.48. The van der Waals surface area contributed by atoms with Crippen LogP contribution in [-0.4, -0.2) is 45.5 Å². The summed E-state index contributed by atoms with van der Waals surface area (Å²) in [6.07, 6.45) is 0. The fourth-order valence-electron chi connectivity index (χ4n) is 2.90. The molecule has 2 aromatic carbocycles. The summed E-state index contributed by atoms with van der Waals surface area (Å²) in [5.41, 5.74) is 0.514. The highest BCUT2D eigenvalue weighted by atomic mass is 32.2. The van der Waals surface area contributed by atoms with Crippen LogP contribution in [0.2, 0.25) is 0 Å². The van der Waals surface area contributed by atoms with Crippen LogP contribution in [0.3, 0.4) is 0 Å². The van der Waals surface area contributed by atoms with Crippen LogP contribution in [0.4, 0.5) is 10.1 Å². The minimum absolute atomic E-state index is 0.246. The highest BCUT2D eigenvalue weighted by Crippen LogP contribution is 2.24. The second-order valence-electron chi connectivity index (χ2n) is 5.75. The zero-order chi connectivity index (χ0) is 17.9. The van der Waals surface area contributed by atoms with Crippen LogP contribution in [0, 0.1) is 5.82 Å². The van der Waals surface area contributed by atoms with Crippen LogP contribution in [0.1, 0.15) is 6.92 Å². The first-order valence-electron chi connectivity index (χ1n) is 8.25. The molecule has 1 saturated heterocycles. The maximum atomic E-state index is 13.9. The average molecular weight is 364 g/mol. The number of sulfonamides is 1. The molecule has 1 aliphatic rings. The van der Waals surface area contributed by atoms with Crippen LogP contribution in [-0.2, 0) is 10.0 Å². The largest absolute Gasteiger partial charge is 0.494 e. The molecule has 1 aliphatic heterocycles. The molecule has 0 spiro atoms. The quantitative estimate of drug-likeness (QED) is 0.819. The van der Waals surface area contributed by atoms with Gasteiger partial charge in [0.15, 0.2) is 0 Å². The van der Waals surface area contributed by atoms with Gasteiger partial charge in [0, 0.05) is 26.2 Å². The van der Waals surface area contributed by atoms with Crippen molar-refractivity contribution >= 4 is 15.7 Å². The van der Waals surface area contributed by atoms with Crippen LogP contribution >= 0.6 is 0 Å². The van der Waals surface area contributed by atoms with E-state index in [2.05, 4.69) is 0 Å². The smallest absolute Gasteiger partial charge is 0.243 e. The topological polar surface area (TPSA) is 49.9 Å². The van der Waals surface area contributed by atoms with Crippen molar-refractivity contribution in [1.29, 1.82) is 0 Å². The van der Waals surface area contributed by atoms with E-state index in [0.29, 0.717) is 44.2 Å². The van der Waals surface area contributed by atoms with Gasteiger partial charge in [-0.05, 0) is 43.3 Å². The summed E-state index contributed by atoms with van der Waals surface area (Å²) < 4.78 is 46.2. The maximum absolute atomic E-state index is 13.9. The molecule has 2 aromatic rings. The van der Waals surface area contributed by atoms with E-state index in [4.69, 9.17) is 4.74 Å². The molecular formula is C18H21FN2O3S. The van der Waals surface area contributed by atoms with Gasteiger partial charge in [-0.1, -0.05) is 12.1 Å². The van der Waals surface area contributed by atoms with Crippen LogP contribution in [0.25, 0.3) is 0 Å². The molecule has 0 aromatic heterocycles. The fourth-order valence-corrected chi connectivity index (χ4v) is 4.32. The van der Waals surface area contributed by atoms with E-state index in [9.17, 15) is 12.8 Å². The number of nitrogens with zero attached hydrogens (tertiary/aromatic N) is 2. The van der Waals surface area contributed by atoms with Crippen LogP contribution in [0.5, 0.6) is 5.75 Å². The molecule has 7 heteroatoms. The van der Waals surface area contributed by atoms with E-state index in [1.54, 1.807) is 42.5 Å². The Morgan fingerprint density at radius 2 is 1.64 bits per heavy atom. The van der Waals surface area contributed by atoms with Gasteiger partial charge in [0.2, 0.25) is 10.0 Å². The highest BCUT2D eigenvalue weighted by Gasteiger charge is 2.29. The molecule has 5 nitrogen and oxygen atoms in total. The van der Waals surface area contributed by atoms with Gasteiger partial charge in [0.25, 0.3) is 0 Å². The number of ether oxygens (including phenoxy) is 1. The van der Waals surface area contributed by atoms with Crippen molar-refractivity contribution in [1.82, 2.24) is 4.31 Å². The predicted octanol–water partition coefficient (Wildman–Crippen LogP) is 2.74. The summed E-state index contributed by atoms with van der Waals surface area (Å²) in [5.74, 6) is 0.358. The Hall–Kier alpha value is -2.12. The van der Waals surface area contributed by atoms with Gasteiger partial charge in [-0.15, -0.1) is 0 Å². The lowest BCUT2D eigenvalue weighted by molar-refractivity contribution is 0.340. The van der Waals surface area contributed by atoms with Crippen molar-refractivity contribution in [2.24, 2.45) is 0 Å². The minimum Gasteiger partial charge on any atom is -0.494 e. The second kappa shape index (κ2) is 7.41. The third-order valence-corrected chi connectivity index (χ3v) is 6.12. The third kappa shape index (κ3) is 3.77. The summed E-state index contributed by atoms with van der Waals surface area (Å²) in [7, 11) is -3.55. The van der Waals surface area contributed by atoms with Crippen molar-refractivity contribution in [3.63, 3.8) is 0 Å². The second-order valence-corrected chi connectivity index (χ2v) is 7.68. The number of anilines is 1. The molecule has 0 bridgehead atoms. The Labute approximate surface area is 147 Å². The standard InChI is InChI=1S/C18H21FN2O3S/c1-2-24-15-7-9-16(10-8-15)25(22,23)21-13-11-20(12-14-21)18-6-4-3-5-17(18)19/h3-10H,2,11-14H2,1H3.